The van der Waals surface area contributed by atoms with Gasteiger partial charge in [-0.2, -0.15) is 20.7 Å². The number of fused-ring (bicyclic) bond motifs is 4. The highest BCUT2D eigenvalue weighted by Gasteiger charge is 2.32. The summed E-state index contributed by atoms with van der Waals surface area (Å²) in [5.74, 6) is 1.10. The topological polar surface area (TPSA) is 165 Å². The number of carbonyl (C=O) groups excluding carboxylic acids is 2. The number of nitrogens with one attached hydrogen (secondary N) is 4. The standard InChI is InChI=1S/2C24H25N5O/c2*1-14-12-22(30)27-20-5-3-4-18(24(20)26-14)17-8-9-21-19(13-17)23(16-6-7-16)28-29(21)15(2)10-11-25/h2*3-5,8-9,13-16,26H,6-7,10,12H2,1-2H3,(H,27,30)/t14-,15+;14-,15-/m11/s1. The maximum atomic E-state index is 12.1. The highest BCUT2D eigenvalue weighted by molar-refractivity contribution is 6.02. The summed E-state index contributed by atoms with van der Waals surface area (Å²) in [4.78, 5) is 24.3. The Morgan fingerprint density at radius 2 is 1.07 bits per heavy atom. The molecule has 304 valence electrons. The Morgan fingerprint density at radius 3 is 1.45 bits per heavy atom. The van der Waals surface area contributed by atoms with Gasteiger partial charge in [0.1, 0.15) is 0 Å². The minimum absolute atomic E-state index is 0.0325. The quantitative estimate of drug-likeness (QED) is 0.118. The Kier molecular flexibility index (Phi) is 10.2. The van der Waals surface area contributed by atoms with Crippen molar-refractivity contribution in [3.63, 3.8) is 0 Å². The van der Waals surface area contributed by atoms with E-state index in [0.29, 0.717) is 37.5 Å². The first kappa shape index (κ1) is 38.8. The van der Waals surface area contributed by atoms with Gasteiger partial charge in [0.05, 0.1) is 82.2 Å². The zero-order valence-corrected chi connectivity index (χ0v) is 34.5. The molecule has 2 saturated carbocycles. The van der Waals surface area contributed by atoms with E-state index in [1.807, 2.05) is 61.3 Å². The van der Waals surface area contributed by atoms with Crippen molar-refractivity contribution < 1.29 is 9.59 Å². The number of nitrogens with zero attached hydrogens (tertiary/aromatic N) is 6. The first-order valence-corrected chi connectivity index (χ1v) is 21.3. The molecule has 4 atom stereocenters. The van der Waals surface area contributed by atoms with Crippen molar-refractivity contribution in [1.82, 2.24) is 19.6 Å². The van der Waals surface area contributed by atoms with Crippen LogP contribution in [0.15, 0.2) is 72.8 Å². The maximum absolute atomic E-state index is 12.1. The molecule has 2 aliphatic heterocycles. The Morgan fingerprint density at radius 1 is 0.650 bits per heavy atom. The molecule has 4 aliphatic rings. The predicted octanol–water partition coefficient (Wildman–Crippen LogP) is 10.4. The van der Waals surface area contributed by atoms with Crippen molar-refractivity contribution in [2.24, 2.45) is 0 Å². The van der Waals surface area contributed by atoms with E-state index in [4.69, 9.17) is 20.7 Å². The lowest BCUT2D eigenvalue weighted by Gasteiger charge is -2.17. The maximum Gasteiger partial charge on any atom is 0.226 e. The molecular weight excluding hydrogens is 749 g/mol. The van der Waals surface area contributed by atoms with Crippen LogP contribution >= 0.6 is 0 Å². The summed E-state index contributed by atoms with van der Waals surface area (Å²) in [6, 6.07) is 29.7. The SMILES string of the molecule is C[C@@H]1CC(=O)Nc2cccc(-c3ccc4c(c3)c(C3CC3)nn4[C@@H](C)CC#N)c2N1.C[C@@H]1CC(=O)Nc2cccc(-c3ccc4c(c3)c(C3CC3)nn4[C@H](C)CC#N)c2N1. The molecule has 0 saturated heterocycles. The number of amides is 2. The summed E-state index contributed by atoms with van der Waals surface area (Å²) in [6.45, 7) is 8.15. The van der Waals surface area contributed by atoms with Gasteiger partial charge in [-0.3, -0.25) is 19.0 Å². The molecule has 0 radical (unpaired) electrons. The number of hydrogen-bond acceptors (Lipinski definition) is 8. The number of rotatable bonds is 8. The van der Waals surface area contributed by atoms with Gasteiger partial charge in [-0.05, 0) is 101 Å². The monoisotopic (exact) mass is 798 g/mol. The van der Waals surface area contributed by atoms with E-state index in [1.54, 1.807) is 0 Å². The van der Waals surface area contributed by atoms with E-state index in [-0.39, 0.29) is 36.0 Å². The summed E-state index contributed by atoms with van der Waals surface area (Å²) < 4.78 is 4.03. The molecule has 60 heavy (non-hydrogen) atoms. The lowest BCUT2D eigenvalue weighted by atomic mass is 9.99. The fourth-order valence-electron chi connectivity index (χ4n) is 8.75. The van der Waals surface area contributed by atoms with Crippen molar-refractivity contribution in [3.8, 4) is 34.4 Å². The van der Waals surface area contributed by atoms with Crippen LogP contribution in [0.4, 0.5) is 22.7 Å². The molecule has 12 heteroatoms. The van der Waals surface area contributed by atoms with Crippen LogP contribution in [0.3, 0.4) is 0 Å². The smallest absolute Gasteiger partial charge is 0.226 e. The first-order valence-electron chi connectivity index (χ1n) is 21.3. The van der Waals surface area contributed by atoms with Crippen molar-refractivity contribution >= 4 is 56.4 Å². The summed E-state index contributed by atoms with van der Waals surface area (Å²) in [7, 11) is 0. The molecule has 0 unspecified atom stereocenters. The number of anilines is 4. The van der Waals surface area contributed by atoms with Crippen LogP contribution in [0.5, 0.6) is 0 Å². The normalized spacial score (nSPS) is 19.4. The van der Waals surface area contributed by atoms with E-state index in [0.717, 1.165) is 67.4 Å². The second-order valence-electron chi connectivity index (χ2n) is 17.1. The van der Waals surface area contributed by atoms with Crippen LogP contribution in [-0.4, -0.2) is 43.5 Å². The molecule has 2 aliphatic carbocycles. The number of aromatic nitrogens is 4. The van der Waals surface area contributed by atoms with Gasteiger partial charge in [-0.1, -0.05) is 36.4 Å². The summed E-state index contributed by atoms with van der Waals surface area (Å²) in [5, 5.41) is 43.5. The van der Waals surface area contributed by atoms with Gasteiger partial charge in [0, 0.05) is 58.7 Å². The molecule has 4 N–H and O–H groups in total. The van der Waals surface area contributed by atoms with E-state index in [2.05, 4.69) is 81.9 Å². The van der Waals surface area contributed by atoms with E-state index >= 15 is 0 Å². The fraction of sp³-hybridized carbons (Fsp3) is 0.375. The lowest BCUT2D eigenvalue weighted by Crippen LogP contribution is -2.19. The molecular formula is C48H50N10O2. The van der Waals surface area contributed by atoms with Gasteiger partial charge in [-0.15, -0.1) is 0 Å². The predicted molar refractivity (Wildman–Crippen MR) is 237 cm³/mol. The van der Waals surface area contributed by atoms with E-state index < -0.39 is 0 Å². The van der Waals surface area contributed by atoms with Crippen molar-refractivity contribution in [2.75, 3.05) is 21.3 Å². The first-order chi connectivity index (χ1) is 29.1. The molecule has 0 spiro atoms. The zero-order chi connectivity index (χ0) is 41.7. The molecule has 4 aromatic carbocycles. The third kappa shape index (κ3) is 7.54. The van der Waals surface area contributed by atoms with Gasteiger partial charge >= 0.3 is 0 Å². The van der Waals surface area contributed by atoms with Crippen LogP contribution in [-0.2, 0) is 9.59 Å². The van der Waals surface area contributed by atoms with E-state index in [1.165, 1.54) is 36.5 Å². The number of benzene rings is 4. The zero-order valence-electron chi connectivity index (χ0n) is 34.5. The number of hydrogen-bond donors (Lipinski definition) is 4. The average Bonchev–Trinajstić information content (AvgIpc) is 4.17. The lowest BCUT2D eigenvalue weighted by molar-refractivity contribution is -0.117. The number of carbonyl (C=O) groups is 2. The van der Waals surface area contributed by atoms with Crippen LogP contribution in [0.1, 0.15) is 114 Å². The largest absolute Gasteiger partial charge is 0.380 e. The van der Waals surface area contributed by atoms with Crippen molar-refractivity contribution in [2.45, 2.75) is 115 Å². The molecule has 6 aromatic rings. The average molecular weight is 799 g/mol. The second-order valence-corrected chi connectivity index (χ2v) is 17.1. The van der Waals surface area contributed by atoms with Crippen molar-refractivity contribution in [1.29, 1.82) is 10.5 Å². The Bertz CT molecular complexity index is 2560. The Labute approximate surface area is 349 Å². The number of nitriles is 2. The van der Waals surface area contributed by atoms with Crippen LogP contribution in [0.2, 0.25) is 0 Å². The van der Waals surface area contributed by atoms with E-state index in [9.17, 15) is 9.59 Å². The van der Waals surface area contributed by atoms with Gasteiger partial charge in [-0.25, -0.2) is 0 Å². The molecule has 2 aromatic heterocycles. The Hall–Kier alpha value is -6.66. The third-order valence-corrected chi connectivity index (χ3v) is 12.1. The van der Waals surface area contributed by atoms with Gasteiger partial charge in [0.2, 0.25) is 11.8 Å². The van der Waals surface area contributed by atoms with Gasteiger partial charge in [0.25, 0.3) is 0 Å². The molecule has 4 heterocycles. The Balaban J connectivity index is 0.000000154. The van der Waals surface area contributed by atoms with Gasteiger partial charge in [0.15, 0.2) is 0 Å². The van der Waals surface area contributed by atoms with Crippen LogP contribution in [0.25, 0.3) is 44.1 Å². The second kappa shape index (κ2) is 15.8. The molecule has 0 bridgehead atoms. The molecule has 10 rings (SSSR count). The molecule has 2 fully saturated rings. The highest BCUT2D eigenvalue weighted by atomic mass is 16.2. The summed E-state index contributed by atoms with van der Waals surface area (Å²) >= 11 is 0. The summed E-state index contributed by atoms with van der Waals surface area (Å²) in [5.41, 5.74) is 12.4. The van der Waals surface area contributed by atoms with Crippen LogP contribution in [0, 0.1) is 22.7 Å². The fourth-order valence-corrected chi connectivity index (χ4v) is 8.75. The molecule has 2 amide bonds. The van der Waals surface area contributed by atoms with Crippen molar-refractivity contribution in [3.05, 3.63) is 84.2 Å². The number of para-hydroxylation sites is 2. The highest BCUT2D eigenvalue weighted by Crippen LogP contribution is 2.46. The van der Waals surface area contributed by atoms with Crippen LogP contribution < -0.4 is 21.3 Å². The van der Waals surface area contributed by atoms with Gasteiger partial charge < -0.3 is 21.3 Å². The minimum Gasteiger partial charge on any atom is -0.380 e. The summed E-state index contributed by atoms with van der Waals surface area (Å²) in [6.07, 6.45) is 6.48. The minimum atomic E-state index is 0.0325. The third-order valence-electron chi connectivity index (χ3n) is 12.1. The molecule has 12 nitrogen and oxygen atoms in total.